The first-order valence-electron chi connectivity index (χ1n) is 6.67. The fraction of sp³-hybridized carbons (Fsp3) is 0.600. The van der Waals surface area contributed by atoms with Gasteiger partial charge in [0.15, 0.2) is 0 Å². The zero-order chi connectivity index (χ0) is 13.4. The van der Waals surface area contributed by atoms with Crippen molar-refractivity contribution in [2.75, 3.05) is 25.1 Å². The van der Waals surface area contributed by atoms with Crippen molar-refractivity contribution in [1.29, 1.82) is 0 Å². The molecule has 0 heterocycles. The average Bonchev–Trinajstić information content (AvgIpc) is 2.34. The second kappa shape index (κ2) is 8.44. The van der Waals surface area contributed by atoms with Gasteiger partial charge in [0.1, 0.15) is 0 Å². The second-order valence-corrected chi connectivity index (χ2v) is 6.65. The van der Waals surface area contributed by atoms with Gasteiger partial charge >= 0.3 is 0 Å². The molecule has 0 saturated carbocycles. The molecule has 1 N–H and O–H groups in total. The number of rotatable bonds is 8. The van der Waals surface area contributed by atoms with Crippen LogP contribution < -0.4 is 5.32 Å². The highest BCUT2D eigenvalue weighted by molar-refractivity contribution is 7.84. The maximum atomic E-state index is 11.0. The van der Waals surface area contributed by atoms with E-state index in [-0.39, 0.29) is 0 Å². The van der Waals surface area contributed by atoms with Gasteiger partial charge in [-0.2, -0.15) is 0 Å². The molecule has 0 aromatic heterocycles. The smallest absolute Gasteiger partial charge is 0.0244 e. The van der Waals surface area contributed by atoms with E-state index in [0.717, 1.165) is 25.3 Å². The summed E-state index contributed by atoms with van der Waals surface area (Å²) >= 11 is 0. The van der Waals surface area contributed by atoms with Gasteiger partial charge in [0.25, 0.3) is 0 Å². The zero-order valence-corrected chi connectivity index (χ0v) is 12.5. The van der Waals surface area contributed by atoms with Crippen molar-refractivity contribution in [3.8, 4) is 0 Å². The second-order valence-electron chi connectivity index (χ2n) is 5.10. The average molecular weight is 267 g/mol. The van der Waals surface area contributed by atoms with Crippen LogP contribution in [-0.2, 0) is 10.8 Å². The number of nitrogens with one attached hydrogen (secondary N) is 1. The van der Waals surface area contributed by atoms with Crippen LogP contribution in [-0.4, -0.2) is 29.3 Å². The van der Waals surface area contributed by atoms with Crippen LogP contribution in [0.5, 0.6) is 0 Å². The molecule has 2 nitrogen and oxygen atoms in total. The van der Waals surface area contributed by atoms with E-state index in [4.69, 9.17) is 0 Å². The van der Waals surface area contributed by atoms with Gasteiger partial charge < -0.3 is 5.32 Å². The largest absolute Gasteiger partial charge is 0.316 e. The highest BCUT2D eigenvalue weighted by Gasteiger charge is 2.14. The minimum Gasteiger partial charge on any atom is -0.316 e. The summed E-state index contributed by atoms with van der Waals surface area (Å²) in [5, 5.41) is 3.49. The predicted molar refractivity (Wildman–Crippen MR) is 80.4 cm³/mol. The van der Waals surface area contributed by atoms with Crippen molar-refractivity contribution >= 4 is 10.8 Å². The topological polar surface area (TPSA) is 29.1 Å². The van der Waals surface area contributed by atoms with Crippen LogP contribution in [0.3, 0.4) is 0 Å². The Morgan fingerprint density at radius 2 is 1.89 bits per heavy atom. The molecule has 1 rings (SSSR count). The van der Waals surface area contributed by atoms with Gasteiger partial charge in [-0.3, -0.25) is 4.21 Å². The molecule has 0 amide bonds. The minimum atomic E-state index is -0.665. The highest BCUT2D eigenvalue weighted by Crippen LogP contribution is 2.23. The van der Waals surface area contributed by atoms with Crippen LogP contribution in [0.15, 0.2) is 30.3 Å². The Hall–Kier alpha value is -0.670. The molecular formula is C15H25NOS. The molecule has 2 unspecified atom stereocenters. The summed E-state index contributed by atoms with van der Waals surface area (Å²) < 4.78 is 11.0. The van der Waals surface area contributed by atoms with Crippen molar-refractivity contribution in [1.82, 2.24) is 5.32 Å². The third kappa shape index (κ3) is 5.78. The van der Waals surface area contributed by atoms with Crippen molar-refractivity contribution in [2.24, 2.45) is 5.92 Å². The van der Waals surface area contributed by atoms with Crippen LogP contribution in [0, 0.1) is 5.92 Å². The molecule has 102 valence electrons. The van der Waals surface area contributed by atoms with Gasteiger partial charge in [0.05, 0.1) is 0 Å². The summed E-state index contributed by atoms with van der Waals surface area (Å²) in [7, 11) is -0.665. The Morgan fingerprint density at radius 3 is 2.44 bits per heavy atom. The summed E-state index contributed by atoms with van der Waals surface area (Å²) in [5.41, 5.74) is 1.40. The number of hydrogen-bond donors (Lipinski definition) is 1. The van der Waals surface area contributed by atoms with Crippen molar-refractivity contribution in [3.05, 3.63) is 35.9 Å². The summed E-state index contributed by atoms with van der Waals surface area (Å²) in [5.74, 6) is 1.98. The maximum absolute atomic E-state index is 11.0. The van der Waals surface area contributed by atoms with Gasteiger partial charge in [0, 0.05) is 29.4 Å². The van der Waals surface area contributed by atoms with Gasteiger partial charge in [-0.1, -0.05) is 44.2 Å². The van der Waals surface area contributed by atoms with Gasteiger partial charge in [0.2, 0.25) is 0 Å². The Balaban J connectivity index is 2.38. The Morgan fingerprint density at radius 1 is 1.22 bits per heavy atom. The van der Waals surface area contributed by atoms with E-state index in [9.17, 15) is 4.21 Å². The van der Waals surface area contributed by atoms with Crippen molar-refractivity contribution in [2.45, 2.75) is 26.2 Å². The molecule has 2 atom stereocenters. The first kappa shape index (κ1) is 15.4. The molecule has 3 heteroatoms. The van der Waals surface area contributed by atoms with E-state index in [1.54, 1.807) is 6.26 Å². The molecule has 0 radical (unpaired) electrons. The van der Waals surface area contributed by atoms with E-state index in [0.29, 0.717) is 11.8 Å². The first-order chi connectivity index (χ1) is 8.61. The third-order valence-electron chi connectivity index (χ3n) is 3.18. The van der Waals surface area contributed by atoms with Crippen LogP contribution in [0.2, 0.25) is 0 Å². The lowest BCUT2D eigenvalue weighted by molar-refractivity contribution is 0.462. The lowest BCUT2D eigenvalue weighted by Gasteiger charge is -2.22. The molecule has 1 aromatic carbocycles. The van der Waals surface area contributed by atoms with Gasteiger partial charge in [-0.05, 0) is 30.4 Å². The molecule has 0 aliphatic heterocycles. The Kier molecular flexibility index (Phi) is 7.21. The number of hydrogen-bond acceptors (Lipinski definition) is 2. The SMILES string of the molecule is CC(C)C(CNCCCS(C)=O)c1ccccc1. The normalized spacial score (nSPS) is 14.7. The highest BCUT2D eigenvalue weighted by atomic mass is 32.2. The lowest BCUT2D eigenvalue weighted by atomic mass is 9.88. The molecule has 0 aliphatic carbocycles. The molecular weight excluding hydrogens is 242 g/mol. The molecule has 18 heavy (non-hydrogen) atoms. The Bertz CT molecular complexity index is 351. The summed E-state index contributed by atoms with van der Waals surface area (Å²) in [6.07, 6.45) is 2.75. The summed E-state index contributed by atoms with van der Waals surface area (Å²) in [4.78, 5) is 0. The third-order valence-corrected chi connectivity index (χ3v) is 4.05. The molecule has 0 saturated heterocycles. The molecule has 0 aliphatic rings. The fourth-order valence-corrected chi connectivity index (χ4v) is 2.65. The molecule has 0 spiro atoms. The van der Waals surface area contributed by atoms with Crippen LogP contribution in [0.25, 0.3) is 0 Å². The summed E-state index contributed by atoms with van der Waals surface area (Å²) in [6.45, 7) is 6.48. The molecule has 0 fully saturated rings. The van der Waals surface area contributed by atoms with E-state index in [2.05, 4.69) is 49.5 Å². The van der Waals surface area contributed by atoms with Gasteiger partial charge in [-0.25, -0.2) is 0 Å². The van der Waals surface area contributed by atoms with E-state index >= 15 is 0 Å². The van der Waals surface area contributed by atoms with Gasteiger partial charge in [-0.15, -0.1) is 0 Å². The maximum Gasteiger partial charge on any atom is 0.0244 e. The number of benzene rings is 1. The lowest BCUT2D eigenvalue weighted by Crippen LogP contribution is -2.26. The quantitative estimate of drug-likeness (QED) is 0.734. The van der Waals surface area contributed by atoms with E-state index < -0.39 is 10.8 Å². The first-order valence-corrected chi connectivity index (χ1v) is 8.39. The molecule has 0 bridgehead atoms. The minimum absolute atomic E-state index is 0.554. The molecule has 1 aromatic rings. The fourth-order valence-electron chi connectivity index (χ4n) is 2.10. The van der Waals surface area contributed by atoms with E-state index in [1.165, 1.54) is 5.56 Å². The van der Waals surface area contributed by atoms with Crippen LogP contribution in [0.4, 0.5) is 0 Å². The predicted octanol–water partition coefficient (Wildman–Crippen LogP) is 2.78. The monoisotopic (exact) mass is 267 g/mol. The summed E-state index contributed by atoms with van der Waals surface area (Å²) in [6, 6.07) is 10.7. The van der Waals surface area contributed by atoms with Crippen molar-refractivity contribution < 1.29 is 4.21 Å². The Labute approximate surface area is 114 Å². The zero-order valence-electron chi connectivity index (χ0n) is 11.7. The van der Waals surface area contributed by atoms with Crippen LogP contribution in [0.1, 0.15) is 31.7 Å². The standard InChI is InChI=1S/C15H25NOS/c1-13(2)15(14-8-5-4-6-9-14)12-16-10-7-11-18(3)17/h4-6,8-9,13,15-16H,7,10-12H2,1-3H3. The van der Waals surface area contributed by atoms with Crippen molar-refractivity contribution in [3.63, 3.8) is 0 Å². The van der Waals surface area contributed by atoms with Crippen LogP contribution >= 0.6 is 0 Å². The van der Waals surface area contributed by atoms with E-state index in [1.807, 2.05) is 0 Å².